The first kappa shape index (κ1) is 10.7. The highest BCUT2D eigenvalue weighted by molar-refractivity contribution is 9.10. The number of alkyl halides is 1. The van der Waals surface area contributed by atoms with Crippen molar-refractivity contribution in [1.29, 1.82) is 0 Å². The number of rotatable bonds is 1. The van der Waals surface area contributed by atoms with Crippen LogP contribution in [0.4, 0.5) is 11.4 Å². The lowest BCUT2D eigenvalue weighted by atomic mass is 10.3. The summed E-state index contributed by atoms with van der Waals surface area (Å²) in [4.78, 5) is 17.2. The molecule has 0 radical (unpaired) electrons. The fraction of sp³-hybridized carbons (Fsp3) is 0.333. The minimum Gasteiger partial charge on any atom is -0.396 e. The first-order valence-corrected chi connectivity index (χ1v) is 5.66. The first-order valence-electron chi connectivity index (χ1n) is 4.43. The summed E-state index contributed by atoms with van der Waals surface area (Å²) < 4.78 is 0.686. The lowest BCUT2D eigenvalue weighted by Crippen LogP contribution is -2.25. The van der Waals surface area contributed by atoms with E-state index < -0.39 is 0 Å². The monoisotopic (exact) mass is 289 g/mol. The van der Waals surface area contributed by atoms with Gasteiger partial charge < -0.3 is 10.6 Å². The number of nitrogen functional groups attached to an aromatic ring is 1. The summed E-state index contributed by atoms with van der Waals surface area (Å²) in [5.74, 6) is -0.0124. The molecule has 1 aromatic heterocycles. The average Bonchev–Trinajstić information content (AvgIpc) is 2.50. The molecule has 0 bridgehead atoms. The van der Waals surface area contributed by atoms with Crippen molar-refractivity contribution in [2.24, 2.45) is 0 Å². The number of hydrogen-bond donors (Lipinski definition) is 1. The summed E-state index contributed by atoms with van der Waals surface area (Å²) in [6.07, 6.45) is 3.53. The molecule has 1 saturated heterocycles. The number of anilines is 2. The third kappa shape index (κ3) is 1.94. The minimum atomic E-state index is -0.143. The molecule has 2 heterocycles. The van der Waals surface area contributed by atoms with Gasteiger partial charge >= 0.3 is 0 Å². The predicted octanol–water partition coefficient (Wildman–Crippen LogP) is 1.77. The zero-order valence-corrected chi connectivity index (χ0v) is 10.1. The van der Waals surface area contributed by atoms with Gasteiger partial charge in [0.05, 0.1) is 27.4 Å². The maximum atomic E-state index is 11.6. The summed E-state index contributed by atoms with van der Waals surface area (Å²) in [7, 11) is 0. The zero-order chi connectivity index (χ0) is 11.0. The third-order valence-electron chi connectivity index (χ3n) is 2.29. The highest BCUT2D eigenvalue weighted by Crippen LogP contribution is 2.32. The SMILES string of the molecule is Nc1c(Br)cncc1N1CC(Cl)CC1=O. The van der Waals surface area contributed by atoms with Crippen LogP contribution in [0, 0.1) is 0 Å². The predicted molar refractivity (Wildman–Crippen MR) is 63.0 cm³/mol. The summed E-state index contributed by atoms with van der Waals surface area (Å²) in [5.41, 5.74) is 6.99. The normalized spacial score (nSPS) is 21.1. The van der Waals surface area contributed by atoms with E-state index >= 15 is 0 Å². The summed E-state index contributed by atoms with van der Waals surface area (Å²) >= 11 is 9.18. The first-order chi connectivity index (χ1) is 7.09. The largest absolute Gasteiger partial charge is 0.396 e. The van der Waals surface area contributed by atoms with Crippen LogP contribution in [-0.4, -0.2) is 22.8 Å². The molecule has 1 amide bonds. The zero-order valence-electron chi connectivity index (χ0n) is 7.78. The van der Waals surface area contributed by atoms with Crippen LogP contribution in [0.25, 0.3) is 0 Å². The second-order valence-electron chi connectivity index (χ2n) is 3.36. The van der Waals surface area contributed by atoms with Gasteiger partial charge in [-0.05, 0) is 15.9 Å². The van der Waals surface area contributed by atoms with E-state index in [1.165, 1.54) is 0 Å². The van der Waals surface area contributed by atoms with Crippen LogP contribution >= 0.6 is 27.5 Å². The molecule has 15 heavy (non-hydrogen) atoms. The molecule has 6 heteroatoms. The van der Waals surface area contributed by atoms with Gasteiger partial charge in [0, 0.05) is 19.2 Å². The number of nitrogens with zero attached hydrogens (tertiary/aromatic N) is 2. The van der Waals surface area contributed by atoms with Gasteiger partial charge in [0.2, 0.25) is 5.91 Å². The van der Waals surface area contributed by atoms with Gasteiger partial charge in [0.25, 0.3) is 0 Å². The molecular formula is C9H9BrClN3O. The van der Waals surface area contributed by atoms with Crippen LogP contribution in [-0.2, 0) is 4.79 Å². The van der Waals surface area contributed by atoms with E-state index in [1.54, 1.807) is 17.3 Å². The Morgan fingerprint density at radius 2 is 2.33 bits per heavy atom. The molecule has 1 atom stereocenters. The van der Waals surface area contributed by atoms with E-state index in [2.05, 4.69) is 20.9 Å². The molecule has 4 nitrogen and oxygen atoms in total. The molecular weight excluding hydrogens is 281 g/mol. The van der Waals surface area contributed by atoms with Crippen molar-refractivity contribution in [1.82, 2.24) is 4.98 Å². The Morgan fingerprint density at radius 3 is 2.93 bits per heavy atom. The molecule has 1 fully saturated rings. The van der Waals surface area contributed by atoms with E-state index in [0.717, 1.165) is 0 Å². The number of carbonyl (C=O) groups is 1. The van der Waals surface area contributed by atoms with Gasteiger partial charge in [-0.3, -0.25) is 9.78 Å². The molecule has 1 aromatic rings. The van der Waals surface area contributed by atoms with Crippen LogP contribution in [0.15, 0.2) is 16.9 Å². The summed E-state index contributed by atoms with van der Waals surface area (Å²) in [6.45, 7) is 0.489. The van der Waals surface area contributed by atoms with Gasteiger partial charge in [0.1, 0.15) is 0 Å². The topological polar surface area (TPSA) is 59.2 Å². The molecule has 1 aliphatic heterocycles. The second kappa shape index (κ2) is 3.98. The fourth-order valence-corrected chi connectivity index (χ4v) is 2.14. The van der Waals surface area contributed by atoms with Crippen LogP contribution < -0.4 is 10.6 Å². The van der Waals surface area contributed by atoms with Gasteiger partial charge in [0.15, 0.2) is 0 Å². The fourth-order valence-electron chi connectivity index (χ4n) is 1.55. The third-order valence-corrected chi connectivity index (χ3v) is 3.21. The van der Waals surface area contributed by atoms with Gasteiger partial charge in [-0.2, -0.15) is 0 Å². The number of pyridine rings is 1. The molecule has 0 saturated carbocycles. The Bertz CT molecular complexity index is 412. The standard InChI is InChI=1S/C9H9BrClN3O/c10-6-2-13-3-7(9(6)12)14-4-5(11)1-8(14)15/h2-3,5H,1,4H2,(H2,12,13). The van der Waals surface area contributed by atoms with Crippen molar-refractivity contribution in [3.63, 3.8) is 0 Å². The van der Waals surface area contributed by atoms with E-state index in [1.807, 2.05) is 0 Å². The Kier molecular flexibility index (Phi) is 2.84. The second-order valence-corrected chi connectivity index (χ2v) is 4.83. The molecule has 2 rings (SSSR count). The van der Waals surface area contributed by atoms with Crippen molar-refractivity contribution in [3.05, 3.63) is 16.9 Å². The Morgan fingerprint density at radius 1 is 1.60 bits per heavy atom. The maximum Gasteiger partial charge on any atom is 0.228 e. The average molecular weight is 291 g/mol. The molecule has 2 N–H and O–H groups in total. The van der Waals surface area contributed by atoms with E-state index in [-0.39, 0.29) is 11.3 Å². The highest BCUT2D eigenvalue weighted by atomic mass is 79.9. The van der Waals surface area contributed by atoms with Crippen molar-refractivity contribution in [3.8, 4) is 0 Å². The molecule has 1 unspecified atom stereocenters. The molecule has 0 spiro atoms. The Labute approximate surface area is 101 Å². The molecule has 0 aromatic carbocycles. The number of nitrogens with two attached hydrogens (primary N) is 1. The quantitative estimate of drug-likeness (QED) is 0.802. The Hall–Kier alpha value is -0.810. The maximum absolute atomic E-state index is 11.6. The number of carbonyl (C=O) groups excluding carboxylic acids is 1. The Balaban J connectivity index is 2.38. The van der Waals surface area contributed by atoms with Crippen LogP contribution in [0.2, 0.25) is 0 Å². The molecule has 1 aliphatic rings. The summed E-state index contributed by atoms with van der Waals surface area (Å²) in [6, 6.07) is 0. The number of amides is 1. The molecule has 80 valence electrons. The van der Waals surface area contributed by atoms with Crippen LogP contribution in [0.1, 0.15) is 6.42 Å². The van der Waals surface area contributed by atoms with Crippen molar-refractivity contribution in [2.45, 2.75) is 11.8 Å². The van der Waals surface area contributed by atoms with Gasteiger partial charge in [-0.1, -0.05) is 0 Å². The van der Waals surface area contributed by atoms with Crippen molar-refractivity contribution >= 4 is 44.8 Å². The van der Waals surface area contributed by atoms with Gasteiger partial charge in [-0.25, -0.2) is 0 Å². The highest BCUT2D eigenvalue weighted by Gasteiger charge is 2.30. The summed E-state index contributed by atoms with van der Waals surface area (Å²) in [5, 5.41) is -0.143. The number of hydrogen-bond acceptors (Lipinski definition) is 3. The van der Waals surface area contributed by atoms with E-state index in [9.17, 15) is 4.79 Å². The minimum absolute atomic E-state index is 0.0124. The van der Waals surface area contributed by atoms with Crippen LogP contribution in [0.5, 0.6) is 0 Å². The lowest BCUT2D eigenvalue weighted by Gasteiger charge is -2.17. The van der Waals surface area contributed by atoms with E-state index in [4.69, 9.17) is 17.3 Å². The van der Waals surface area contributed by atoms with E-state index in [0.29, 0.717) is 28.8 Å². The van der Waals surface area contributed by atoms with Crippen molar-refractivity contribution < 1.29 is 4.79 Å². The van der Waals surface area contributed by atoms with Crippen molar-refractivity contribution in [2.75, 3.05) is 17.2 Å². The van der Waals surface area contributed by atoms with Crippen LogP contribution in [0.3, 0.4) is 0 Å². The smallest absolute Gasteiger partial charge is 0.228 e. The number of halogens is 2. The molecule has 0 aliphatic carbocycles. The number of aromatic nitrogens is 1. The lowest BCUT2D eigenvalue weighted by molar-refractivity contribution is -0.117. The van der Waals surface area contributed by atoms with Gasteiger partial charge in [-0.15, -0.1) is 11.6 Å².